The predicted octanol–water partition coefficient (Wildman–Crippen LogP) is 0.890. The van der Waals surface area contributed by atoms with Crippen molar-refractivity contribution in [3.05, 3.63) is 0 Å². The fraction of sp³-hybridized carbons (Fsp3) is 0.933. The zero-order chi connectivity index (χ0) is 13.0. The van der Waals surface area contributed by atoms with Crippen molar-refractivity contribution in [3.63, 3.8) is 0 Å². The maximum Gasteiger partial charge on any atom is 0.239 e. The molecule has 2 aliphatic carbocycles. The lowest BCUT2D eigenvalue weighted by atomic mass is 9.84. The second-order valence-electron chi connectivity index (χ2n) is 7.18. The molecule has 3 unspecified atom stereocenters. The Hall–Kier alpha value is -0.610. The molecule has 0 bridgehead atoms. The van der Waals surface area contributed by atoms with E-state index in [2.05, 4.69) is 5.32 Å². The van der Waals surface area contributed by atoms with E-state index >= 15 is 0 Å². The molecule has 3 atom stereocenters. The van der Waals surface area contributed by atoms with Crippen LogP contribution in [0.25, 0.3) is 0 Å². The number of carbonyl (C=O) groups is 1. The highest BCUT2D eigenvalue weighted by molar-refractivity contribution is 5.83. The van der Waals surface area contributed by atoms with Gasteiger partial charge in [0.15, 0.2) is 0 Å². The number of β-amino-alcohol motifs (C(OH)–C–C–N with tert-alkyl or cyclic N) is 1. The quantitative estimate of drug-likeness (QED) is 0.779. The Morgan fingerprint density at radius 2 is 1.89 bits per heavy atom. The third kappa shape index (κ3) is 2.00. The minimum Gasteiger partial charge on any atom is -0.386 e. The van der Waals surface area contributed by atoms with E-state index in [0.717, 1.165) is 19.3 Å². The molecule has 2 saturated heterocycles. The molecule has 4 aliphatic rings. The lowest BCUT2D eigenvalue weighted by Gasteiger charge is -2.47. The fourth-order valence-corrected chi connectivity index (χ4v) is 4.38. The van der Waals surface area contributed by atoms with Crippen molar-refractivity contribution >= 4 is 5.91 Å². The Labute approximate surface area is 114 Å². The van der Waals surface area contributed by atoms with E-state index in [1.165, 1.54) is 25.7 Å². The SMILES string of the molecule is O=C(C1CC2CCCCC2N1)N1CC(O)(C2CC2)C1. The van der Waals surface area contributed by atoms with Crippen LogP contribution in [0.5, 0.6) is 0 Å². The number of carbonyl (C=O) groups excluding carboxylic acids is 1. The summed E-state index contributed by atoms with van der Waals surface area (Å²) in [5.74, 6) is 1.42. The van der Waals surface area contributed by atoms with Gasteiger partial charge in [0.05, 0.1) is 19.1 Å². The van der Waals surface area contributed by atoms with Gasteiger partial charge in [-0.3, -0.25) is 4.79 Å². The smallest absolute Gasteiger partial charge is 0.239 e. The Kier molecular flexibility index (Phi) is 2.68. The third-order valence-electron chi connectivity index (χ3n) is 5.74. The Morgan fingerprint density at radius 1 is 1.16 bits per heavy atom. The molecule has 4 fully saturated rings. The molecule has 2 saturated carbocycles. The van der Waals surface area contributed by atoms with Gasteiger partial charge in [0.25, 0.3) is 0 Å². The van der Waals surface area contributed by atoms with Gasteiger partial charge in [-0.25, -0.2) is 0 Å². The normalized spacial score (nSPS) is 40.7. The molecular weight excluding hydrogens is 240 g/mol. The minimum absolute atomic E-state index is 0.0249. The summed E-state index contributed by atoms with van der Waals surface area (Å²) in [7, 11) is 0. The first-order valence-electron chi connectivity index (χ1n) is 7.93. The molecule has 2 aliphatic heterocycles. The van der Waals surface area contributed by atoms with Crippen LogP contribution >= 0.6 is 0 Å². The van der Waals surface area contributed by atoms with Crippen molar-refractivity contribution in [1.82, 2.24) is 10.2 Å². The first kappa shape index (κ1) is 12.2. The Balaban J connectivity index is 1.34. The van der Waals surface area contributed by atoms with Gasteiger partial charge in [-0.15, -0.1) is 0 Å². The molecule has 0 aromatic carbocycles. The van der Waals surface area contributed by atoms with E-state index < -0.39 is 5.60 Å². The average Bonchev–Trinajstić information content (AvgIpc) is 3.13. The zero-order valence-corrected chi connectivity index (χ0v) is 11.5. The number of likely N-dealkylation sites (tertiary alicyclic amines) is 1. The van der Waals surface area contributed by atoms with Gasteiger partial charge in [-0.1, -0.05) is 12.8 Å². The fourth-order valence-electron chi connectivity index (χ4n) is 4.38. The van der Waals surface area contributed by atoms with Crippen LogP contribution < -0.4 is 5.32 Å². The van der Waals surface area contributed by atoms with Crippen molar-refractivity contribution in [1.29, 1.82) is 0 Å². The van der Waals surface area contributed by atoms with E-state index in [1.54, 1.807) is 0 Å². The largest absolute Gasteiger partial charge is 0.386 e. The van der Waals surface area contributed by atoms with E-state index in [4.69, 9.17) is 0 Å². The first-order chi connectivity index (χ1) is 9.16. The number of fused-ring (bicyclic) bond motifs is 1. The van der Waals surface area contributed by atoms with Crippen LogP contribution in [-0.4, -0.2) is 46.7 Å². The average molecular weight is 264 g/mol. The second kappa shape index (κ2) is 4.19. The van der Waals surface area contributed by atoms with Crippen LogP contribution in [0.1, 0.15) is 44.9 Å². The van der Waals surface area contributed by atoms with Gasteiger partial charge in [0.1, 0.15) is 5.60 Å². The van der Waals surface area contributed by atoms with Crippen LogP contribution in [0.15, 0.2) is 0 Å². The van der Waals surface area contributed by atoms with Crippen LogP contribution in [0, 0.1) is 11.8 Å². The standard InChI is InChI=1S/C15H24N2O2/c18-14(17-8-15(19,9-17)11-5-6-11)13-7-10-3-1-2-4-12(10)16-13/h10-13,16,19H,1-9H2. The Morgan fingerprint density at radius 3 is 2.58 bits per heavy atom. The first-order valence-corrected chi connectivity index (χ1v) is 7.93. The van der Waals surface area contributed by atoms with E-state index in [0.29, 0.717) is 31.0 Å². The molecule has 0 spiro atoms. The molecule has 106 valence electrons. The lowest BCUT2D eigenvalue weighted by Crippen LogP contribution is -2.67. The summed E-state index contributed by atoms with van der Waals surface area (Å²) in [4.78, 5) is 14.3. The van der Waals surface area contributed by atoms with Crippen molar-refractivity contribution < 1.29 is 9.90 Å². The van der Waals surface area contributed by atoms with E-state index in [9.17, 15) is 9.90 Å². The molecular formula is C15H24N2O2. The highest BCUT2D eigenvalue weighted by Gasteiger charge is 2.54. The topological polar surface area (TPSA) is 52.6 Å². The molecule has 4 heteroatoms. The number of hydrogen-bond donors (Lipinski definition) is 2. The van der Waals surface area contributed by atoms with Crippen LogP contribution in [0.4, 0.5) is 0 Å². The van der Waals surface area contributed by atoms with Gasteiger partial charge in [-0.05, 0) is 43.9 Å². The molecule has 0 aromatic heterocycles. The van der Waals surface area contributed by atoms with Crippen LogP contribution in [0.3, 0.4) is 0 Å². The highest BCUT2D eigenvalue weighted by atomic mass is 16.3. The summed E-state index contributed by atoms with van der Waals surface area (Å²) in [5.41, 5.74) is -0.541. The number of nitrogens with one attached hydrogen (secondary N) is 1. The molecule has 1 amide bonds. The molecule has 4 nitrogen and oxygen atoms in total. The van der Waals surface area contributed by atoms with E-state index in [-0.39, 0.29) is 11.9 Å². The molecule has 0 aromatic rings. The monoisotopic (exact) mass is 264 g/mol. The second-order valence-corrected chi connectivity index (χ2v) is 7.18. The van der Waals surface area contributed by atoms with Gasteiger partial charge >= 0.3 is 0 Å². The molecule has 2 N–H and O–H groups in total. The Bertz CT molecular complexity index is 374. The predicted molar refractivity (Wildman–Crippen MR) is 71.5 cm³/mol. The minimum atomic E-state index is -0.541. The summed E-state index contributed by atoms with van der Waals surface area (Å²) in [5, 5.41) is 13.8. The maximum atomic E-state index is 12.5. The van der Waals surface area contributed by atoms with Crippen molar-refractivity contribution in [2.75, 3.05) is 13.1 Å². The zero-order valence-electron chi connectivity index (χ0n) is 11.5. The van der Waals surface area contributed by atoms with E-state index in [1.807, 2.05) is 4.90 Å². The highest BCUT2D eigenvalue weighted by Crippen LogP contribution is 2.45. The summed E-state index contributed by atoms with van der Waals surface area (Å²) >= 11 is 0. The maximum absolute atomic E-state index is 12.5. The van der Waals surface area contributed by atoms with Crippen molar-refractivity contribution in [2.24, 2.45) is 11.8 Å². The number of aliphatic hydroxyl groups is 1. The van der Waals surface area contributed by atoms with Crippen molar-refractivity contribution in [2.45, 2.75) is 62.6 Å². The van der Waals surface area contributed by atoms with Crippen molar-refractivity contribution in [3.8, 4) is 0 Å². The summed E-state index contributed by atoms with van der Waals surface area (Å²) in [6.45, 7) is 1.15. The number of nitrogens with zero attached hydrogens (tertiary/aromatic N) is 1. The molecule has 0 radical (unpaired) electrons. The third-order valence-corrected chi connectivity index (χ3v) is 5.74. The summed E-state index contributed by atoms with van der Waals surface area (Å²) < 4.78 is 0. The number of hydrogen-bond acceptors (Lipinski definition) is 3. The summed E-state index contributed by atoms with van der Waals surface area (Å²) in [6.07, 6.45) is 8.46. The molecule has 19 heavy (non-hydrogen) atoms. The van der Waals surface area contributed by atoms with Gasteiger partial charge in [0.2, 0.25) is 5.91 Å². The van der Waals surface area contributed by atoms with Gasteiger partial charge < -0.3 is 15.3 Å². The van der Waals surface area contributed by atoms with Crippen LogP contribution in [0.2, 0.25) is 0 Å². The number of amides is 1. The molecule has 2 heterocycles. The number of rotatable bonds is 2. The lowest BCUT2D eigenvalue weighted by molar-refractivity contribution is -0.161. The van der Waals surface area contributed by atoms with Gasteiger partial charge in [0, 0.05) is 6.04 Å². The van der Waals surface area contributed by atoms with Gasteiger partial charge in [-0.2, -0.15) is 0 Å². The van der Waals surface area contributed by atoms with Crippen LogP contribution in [-0.2, 0) is 4.79 Å². The summed E-state index contributed by atoms with van der Waals surface area (Å²) in [6, 6.07) is 0.600. The molecule has 4 rings (SSSR count).